The fourth-order valence-corrected chi connectivity index (χ4v) is 3.57. The van der Waals surface area contributed by atoms with E-state index in [0.717, 1.165) is 42.5 Å². The summed E-state index contributed by atoms with van der Waals surface area (Å²) in [6.07, 6.45) is 6.79. The third-order valence-corrected chi connectivity index (χ3v) is 4.88. The van der Waals surface area contributed by atoms with Crippen molar-refractivity contribution in [3.63, 3.8) is 0 Å². The van der Waals surface area contributed by atoms with Crippen LogP contribution in [-0.2, 0) is 4.79 Å². The van der Waals surface area contributed by atoms with Crippen LogP contribution in [0, 0.1) is 0 Å². The van der Waals surface area contributed by atoms with Gasteiger partial charge in [0.1, 0.15) is 0 Å². The van der Waals surface area contributed by atoms with Gasteiger partial charge in [-0.15, -0.1) is 0 Å². The monoisotopic (exact) mass is 324 g/mol. The molecule has 1 aliphatic rings. The van der Waals surface area contributed by atoms with E-state index in [4.69, 9.17) is 4.52 Å². The van der Waals surface area contributed by atoms with E-state index in [1.165, 1.54) is 5.56 Å². The topological polar surface area (TPSA) is 63.3 Å². The highest BCUT2D eigenvalue weighted by Gasteiger charge is 2.23. The number of likely N-dealkylation sites (tertiary alicyclic amines) is 1. The van der Waals surface area contributed by atoms with Crippen molar-refractivity contribution >= 4 is 23.0 Å². The molecule has 0 atom stereocenters. The second-order valence-corrected chi connectivity index (χ2v) is 6.38. The largest absolute Gasteiger partial charge is 0.338 e. The molecule has 0 bridgehead atoms. The number of carbonyl (C=O) groups excluding carboxylic acids is 1. The first-order valence-corrected chi connectivity index (χ1v) is 8.21. The number of nitrogens with zero attached hydrogens (tertiary/aromatic N) is 3. The molecule has 1 aliphatic heterocycles. The minimum absolute atomic E-state index is 0.513. The third kappa shape index (κ3) is 2.59. The number of nitrogens with one attached hydrogen (secondary N) is 1. The van der Waals surface area contributed by atoms with Gasteiger partial charge in [0.25, 0.3) is 0 Å². The highest BCUT2D eigenvalue weighted by molar-refractivity contribution is 5.90. The van der Waals surface area contributed by atoms with Gasteiger partial charge in [-0.05, 0) is 62.7 Å². The lowest BCUT2D eigenvalue weighted by Gasteiger charge is -2.28. The SMILES string of the molecule is CN1CCC(c2cn(-c3ccno3)c3ccc(NC=O)cc23)CC1. The van der Waals surface area contributed by atoms with Crippen LogP contribution in [-0.4, -0.2) is 41.2 Å². The lowest BCUT2D eigenvalue weighted by atomic mass is 9.89. The van der Waals surface area contributed by atoms with Crippen LogP contribution in [0.25, 0.3) is 16.8 Å². The molecule has 124 valence electrons. The molecule has 1 aromatic carbocycles. The van der Waals surface area contributed by atoms with Gasteiger partial charge in [-0.2, -0.15) is 0 Å². The zero-order valence-electron chi connectivity index (χ0n) is 13.6. The van der Waals surface area contributed by atoms with Crippen molar-refractivity contribution in [1.82, 2.24) is 14.6 Å². The van der Waals surface area contributed by atoms with Gasteiger partial charge in [-0.3, -0.25) is 9.36 Å². The first kappa shape index (κ1) is 15.0. The van der Waals surface area contributed by atoms with Gasteiger partial charge < -0.3 is 14.7 Å². The molecule has 1 amide bonds. The maximum Gasteiger partial charge on any atom is 0.235 e. The number of amides is 1. The molecule has 2 aromatic heterocycles. The van der Waals surface area contributed by atoms with Crippen molar-refractivity contribution in [2.45, 2.75) is 18.8 Å². The zero-order valence-corrected chi connectivity index (χ0v) is 13.6. The molecule has 24 heavy (non-hydrogen) atoms. The van der Waals surface area contributed by atoms with Gasteiger partial charge in [0.2, 0.25) is 12.3 Å². The van der Waals surface area contributed by atoms with Gasteiger partial charge >= 0.3 is 0 Å². The standard InChI is InChI=1S/C18H20N4O2/c1-21-8-5-13(6-9-21)16-11-22(18-4-7-20-24-18)17-3-2-14(19-12-23)10-15(16)17/h2-4,7,10-13H,5-6,8-9H2,1H3,(H,19,23). The molecular formula is C18H20N4O2. The second kappa shape index (κ2) is 6.13. The highest BCUT2D eigenvalue weighted by atomic mass is 16.5. The quantitative estimate of drug-likeness (QED) is 0.749. The molecule has 0 unspecified atom stereocenters. The Morgan fingerprint density at radius 3 is 2.83 bits per heavy atom. The molecule has 4 rings (SSSR count). The molecule has 1 fully saturated rings. The van der Waals surface area contributed by atoms with Crippen LogP contribution in [0.2, 0.25) is 0 Å². The van der Waals surface area contributed by atoms with E-state index >= 15 is 0 Å². The van der Waals surface area contributed by atoms with Crippen LogP contribution in [0.1, 0.15) is 24.3 Å². The van der Waals surface area contributed by atoms with Gasteiger partial charge in [0, 0.05) is 23.3 Å². The van der Waals surface area contributed by atoms with Crippen LogP contribution in [0.5, 0.6) is 0 Å². The fraction of sp³-hybridized carbons (Fsp3) is 0.333. The van der Waals surface area contributed by atoms with E-state index in [0.29, 0.717) is 18.2 Å². The van der Waals surface area contributed by atoms with Gasteiger partial charge in [0.05, 0.1) is 11.7 Å². The van der Waals surface area contributed by atoms with Gasteiger partial charge in [-0.1, -0.05) is 5.16 Å². The molecule has 1 saturated heterocycles. The van der Waals surface area contributed by atoms with Crippen LogP contribution in [0.3, 0.4) is 0 Å². The van der Waals surface area contributed by atoms with Crippen molar-refractivity contribution in [3.8, 4) is 5.88 Å². The smallest absolute Gasteiger partial charge is 0.235 e. The number of piperidine rings is 1. The van der Waals surface area contributed by atoms with Crippen LogP contribution in [0.15, 0.2) is 41.2 Å². The summed E-state index contributed by atoms with van der Waals surface area (Å²) in [5.41, 5.74) is 3.18. The molecule has 0 radical (unpaired) electrons. The molecule has 0 saturated carbocycles. The molecule has 3 heterocycles. The Kier molecular flexibility index (Phi) is 3.82. The Bertz CT molecular complexity index is 845. The Balaban J connectivity index is 1.84. The summed E-state index contributed by atoms with van der Waals surface area (Å²) in [5, 5.41) is 7.73. The Hall–Kier alpha value is -2.60. The number of hydrogen-bond acceptors (Lipinski definition) is 4. The van der Waals surface area contributed by atoms with E-state index in [9.17, 15) is 4.79 Å². The number of anilines is 1. The number of rotatable bonds is 4. The van der Waals surface area contributed by atoms with Crippen molar-refractivity contribution in [2.75, 3.05) is 25.5 Å². The van der Waals surface area contributed by atoms with E-state index in [-0.39, 0.29) is 0 Å². The summed E-state index contributed by atoms with van der Waals surface area (Å²) in [5.74, 6) is 1.22. The lowest BCUT2D eigenvalue weighted by molar-refractivity contribution is -0.105. The molecule has 1 N–H and O–H groups in total. The van der Waals surface area contributed by atoms with Crippen molar-refractivity contribution in [2.24, 2.45) is 0 Å². The van der Waals surface area contributed by atoms with E-state index in [1.54, 1.807) is 6.20 Å². The molecule has 3 aromatic rings. The first-order valence-electron chi connectivity index (χ1n) is 8.21. The molecule has 0 aliphatic carbocycles. The Morgan fingerprint density at radius 2 is 2.12 bits per heavy atom. The lowest BCUT2D eigenvalue weighted by Crippen LogP contribution is -2.29. The number of benzene rings is 1. The average Bonchev–Trinajstić information content (AvgIpc) is 3.23. The van der Waals surface area contributed by atoms with Crippen LogP contribution >= 0.6 is 0 Å². The summed E-state index contributed by atoms with van der Waals surface area (Å²) in [7, 11) is 2.17. The van der Waals surface area contributed by atoms with Gasteiger partial charge in [0.15, 0.2) is 0 Å². The number of aromatic nitrogens is 2. The van der Waals surface area contributed by atoms with Crippen molar-refractivity contribution < 1.29 is 9.32 Å². The van der Waals surface area contributed by atoms with Crippen molar-refractivity contribution in [3.05, 3.63) is 42.2 Å². The molecular weight excluding hydrogens is 304 g/mol. The normalized spacial score (nSPS) is 16.5. The van der Waals surface area contributed by atoms with E-state index in [2.05, 4.69) is 28.6 Å². The van der Waals surface area contributed by atoms with Crippen LogP contribution < -0.4 is 5.32 Å². The maximum atomic E-state index is 10.8. The van der Waals surface area contributed by atoms with Crippen LogP contribution in [0.4, 0.5) is 5.69 Å². The number of fused-ring (bicyclic) bond motifs is 1. The zero-order chi connectivity index (χ0) is 16.5. The van der Waals surface area contributed by atoms with Gasteiger partial charge in [-0.25, -0.2) is 0 Å². The second-order valence-electron chi connectivity index (χ2n) is 6.38. The third-order valence-electron chi connectivity index (χ3n) is 4.88. The van der Waals surface area contributed by atoms with E-state index in [1.807, 2.05) is 28.8 Å². The summed E-state index contributed by atoms with van der Waals surface area (Å²) < 4.78 is 7.40. The fourth-order valence-electron chi connectivity index (χ4n) is 3.57. The maximum absolute atomic E-state index is 10.8. The van der Waals surface area contributed by atoms with E-state index < -0.39 is 0 Å². The summed E-state index contributed by atoms with van der Waals surface area (Å²) in [6.45, 7) is 2.21. The number of hydrogen-bond donors (Lipinski definition) is 1. The Morgan fingerprint density at radius 1 is 1.29 bits per heavy atom. The van der Waals surface area contributed by atoms with Crippen molar-refractivity contribution in [1.29, 1.82) is 0 Å². The average molecular weight is 324 g/mol. The molecule has 0 spiro atoms. The minimum atomic E-state index is 0.513. The molecule has 6 nitrogen and oxygen atoms in total. The number of carbonyl (C=O) groups is 1. The predicted octanol–water partition coefficient (Wildman–Crippen LogP) is 3.00. The summed E-state index contributed by atoms with van der Waals surface area (Å²) >= 11 is 0. The summed E-state index contributed by atoms with van der Waals surface area (Å²) in [6, 6.07) is 7.82. The summed E-state index contributed by atoms with van der Waals surface area (Å²) in [4.78, 5) is 13.1. The minimum Gasteiger partial charge on any atom is -0.338 e. The predicted molar refractivity (Wildman–Crippen MR) is 92.5 cm³/mol. The first-order chi connectivity index (χ1) is 11.8. The Labute approximate surface area is 140 Å². The molecule has 6 heteroatoms. The highest BCUT2D eigenvalue weighted by Crippen LogP contribution is 2.36.